The predicted molar refractivity (Wildman–Crippen MR) is 84.8 cm³/mol. The third kappa shape index (κ3) is 6.98. The van der Waals surface area contributed by atoms with Gasteiger partial charge in [-0.3, -0.25) is 14.9 Å². The average Bonchev–Trinajstić information content (AvgIpc) is 2.52. The highest BCUT2D eigenvalue weighted by molar-refractivity contribution is 5.83. The summed E-state index contributed by atoms with van der Waals surface area (Å²) in [6.07, 6.45) is -1.08. The van der Waals surface area contributed by atoms with E-state index >= 15 is 0 Å². The van der Waals surface area contributed by atoms with Crippen LogP contribution in [0.15, 0.2) is 24.3 Å². The van der Waals surface area contributed by atoms with Gasteiger partial charge in [0.25, 0.3) is 5.69 Å². The Morgan fingerprint density at radius 2 is 1.72 bits per heavy atom. The standard InChI is InChI=1S/C16H19NO8/c1-10(2)14(8-11(3)18)15(19)23-9-24-16(20)25-13-6-4-12(5-7-13)17(21)22/h4-7,10,14H,8-9H2,1-3H3/t14-/m0/s1. The molecule has 0 spiro atoms. The summed E-state index contributed by atoms with van der Waals surface area (Å²) in [5.74, 6) is -1.48. The molecule has 0 unspecified atom stereocenters. The van der Waals surface area contributed by atoms with E-state index in [2.05, 4.69) is 4.74 Å². The number of carbonyl (C=O) groups excluding carboxylic acids is 3. The van der Waals surface area contributed by atoms with Gasteiger partial charge in [-0.1, -0.05) is 13.8 Å². The first kappa shape index (κ1) is 20.1. The van der Waals surface area contributed by atoms with Crippen molar-refractivity contribution in [2.45, 2.75) is 27.2 Å². The van der Waals surface area contributed by atoms with Crippen molar-refractivity contribution in [2.24, 2.45) is 11.8 Å². The van der Waals surface area contributed by atoms with Crippen LogP contribution < -0.4 is 4.74 Å². The third-order valence-electron chi connectivity index (χ3n) is 3.24. The number of Topliss-reactive ketones (excluding diaryl/α,β-unsaturated/α-hetero) is 1. The van der Waals surface area contributed by atoms with E-state index in [-0.39, 0.29) is 29.6 Å². The second kappa shape index (κ2) is 9.36. The zero-order chi connectivity index (χ0) is 19.0. The third-order valence-corrected chi connectivity index (χ3v) is 3.24. The molecule has 0 saturated heterocycles. The first-order valence-corrected chi connectivity index (χ1v) is 7.45. The van der Waals surface area contributed by atoms with Gasteiger partial charge in [-0.15, -0.1) is 0 Å². The highest BCUT2D eigenvalue weighted by Gasteiger charge is 2.25. The second-order valence-corrected chi connectivity index (χ2v) is 5.59. The molecular formula is C16H19NO8. The number of nitrogens with zero attached hydrogens (tertiary/aromatic N) is 1. The van der Waals surface area contributed by atoms with Crippen LogP contribution in [-0.2, 0) is 19.1 Å². The molecule has 1 rings (SSSR count). The fourth-order valence-electron chi connectivity index (χ4n) is 1.91. The molecule has 0 aliphatic carbocycles. The van der Waals surface area contributed by atoms with Crippen molar-refractivity contribution in [3.63, 3.8) is 0 Å². The number of benzene rings is 1. The number of rotatable bonds is 8. The quantitative estimate of drug-likeness (QED) is 0.230. The van der Waals surface area contributed by atoms with E-state index < -0.39 is 29.8 Å². The number of non-ortho nitro benzene ring substituents is 1. The summed E-state index contributed by atoms with van der Waals surface area (Å²) in [5.41, 5.74) is -0.153. The van der Waals surface area contributed by atoms with Gasteiger partial charge in [0.05, 0.1) is 10.8 Å². The minimum Gasteiger partial charge on any atom is -0.427 e. The summed E-state index contributed by atoms with van der Waals surface area (Å²) < 4.78 is 14.2. The lowest BCUT2D eigenvalue weighted by Crippen LogP contribution is -2.26. The predicted octanol–water partition coefficient (Wildman–Crippen LogP) is 2.86. The molecule has 0 fully saturated rings. The van der Waals surface area contributed by atoms with Crippen molar-refractivity contribution in [2.75, 3.05) is 6.79 Å². The number of nitro benzene ring substituents is 1. The minimum absolute atomic E-state index is 0.0403. The average molecular weight is 353 g/mol. The largest absolute Gasteiger partial charge is 0.516 e. The van der Waals surface area contributed by atoms with E-state index in [1.165, 1.54) is 19.1 Å². The molecule has 136 valence electrons. The summed E-state index contributed by atoms with van der Waals surface area (Å²) in [4.78, 5) is 44.4. The van der Waals surface area contributed by atoms with E-state index in [4.69, 9.17) is 9.47 Å². The Labute approximate surface area is 144 Å². The second-order valence-electron chi connectivity index (χ2n) is 5.59. The monoisotopic (exact) mass is 353 g/mol. The van der Waals surface area contributed by atoms with Gasteiger partial charge in [0.1, 0.15) is 11.5 Å². The molecule has 1 aromatic carbocycles. The van der Waals surface area contributed by atoms with Crippen molar-refractivity contribution in [1.82, 2.24) is 0 Å². The highest BCUT2D eigenvalue weighted by atomic mass is 16.8. The fourth-order valence-corrected chi connectivity index (χ4v) is 1.91. The number of nitro groups is 1. The summed E-state index contributed by atoms with van der Waals surface area (Å²) in [5, 5.41) is 10.5. The first-order chi connectivity index (χ1) is 11.7. The molecule has 25 heavy (non-hydrogen) atoms. The molecule has 0 heterocycles. The fraction of sp³-hybridized carbons (Fsp3) is 0.438. The summed E-state index contributed by atoms with van der Waals surface area (Å²) in [6, 6.07) is 4.79. The Bertz CT molecular complexity index is 638. The summed E-state index contributed by atoms with van der Waals surface area (Å²) in [7, 11) is 0. The molecule has 9 nitrogen and oxygen atoms in total. The summed E-state index contributed by atoms with van der Waals surface area (Å²) >= 11 is 0. The Balaban J connectivity index is 2.44. The molecule has 0 radical (unpaired) electrons. The maximum atomic E-state index is 11.9. The molecule has 0 aromatic heterocycles. The molecule has 1 aromatic rings. The lowest BCUT2D eigenvalue weighted by molar-refractivity contribution is -0.384. The van der Waals surface area contributed by atoms with Crippen molar-refractivity contribution in [3.8, 4) is 5.75 Å². The van der Waals surface area contributed by atoms with Crippen LogP contribution in [0.4, 0.5) is 10.5 Å². The van der Waals surface area contributed by atoms with Crippen LogP contribution in [-0.4, -0.2) is 29.6 Å². The lowest BCUT2D eigenvalue weighted by atomic mass is 9.91. The van der Waals surface area contributed by atoms with Gasteiger partial charge in [-0.25, -0.2) is 4.79 Å². The lowest BCUT2D eigenvalue weighted by Gasteiger charge is -2.17. The number of esters is 1. The van der Waals surface area contributed by atoms with Crippen LogP contribution in [0.3, 0.4) is 0 Å². The van der Waals surface area contributed by atoms with Gasteiger partial charge >= 0.3 is 12.1 Å². The Morgan fingerprint density at radius 3 is 2.20 bits per heavy atom. The van der Waals surface area contributed by atoms with Crippen molar-refractivity contribution < 1.29 is 33.5 Å². The Hall–Kier alpha value is -2.97. The number of hydrogen-bond donors (Lipinski definition) is 0. The number of carbonyl (C=O) groups is 3. The van der Waals surface area contributed by atoms with E-state index in [9.17, 15) is 24.5 Å². The van der Waals surface area contributed by atoms with Gasteiger partial charge in [-0.05, 0) is 25.0 Å². The molecule has 0 saturated carbocycles. The molecule has 0 N–H and O–H groups in total. The van der Waals surface area contributed by atoms with Crippen molar-refractivity contribution in [3.05, 3.63) is 34.4 Å². The zero-order valence-corrected chi connectivity index (χ0v) is 14.1. The molecule has 0 aliphatic rings. The van der Waals surface area contributed by atoms with E-state index in [0.717, 1.165) is 12.1 Å². The molecule has 0 amide bonds. The van der Waals surface area contributed by atoms with Gasteiger partial charge in [0.2, 0.25) is 6.79 Å². The Morgan fingerprint density at radius 1 is 1.12 bits per heavy atom. The molecule has 1 atom stereocenters. The van der Waals surface area contributed by atoms with Gasteiger partial charge in [0.15, 0.2) is 0 Å². The molecular weight excluding hydrogens is 334 g/mol. The first-order valence-electron chi connectivity index (χ1n) is 7.45. The minimum atomic E-state index is -1.13. The SMILES string of the molecule is CC(=O)C[C@H](C(=O)OCOC(=O)Oc1ccc([N+](=O)[O-])cc1)C(C)C. The van der Waals surface area contributed by atoms with Crippen LogP contribution >= 0.6 is 0 Å². The van der Waals surface area contributed by atoms with Crippen LogP contribution in [0.25, 0.3) is 0 Å². The molecule has 9 heteroatoms. The van der Waals surface area contributed by atoms with E-state index in [1.807, 2.05) is 0 Å². The summed E-state index contributed by atoms with van der Waals surface area (Å²) in [6.45, 7) is 4.27. The van der Waals surface area contributed by atoms with Crippen LogP contribution in [0, 0.1) is 22.0 Å². The van der Waals surface area contributed by atoms with Crippen molar-refractivity contribution >= 4 is 23.6 Å². The maximum Gasteiger partial charge on any atom is 0.516 e. The zero-order valence-electron chi connectivity index (χ0n) is 14.1. The van der Waals surface area contributed by atoms with Crippen molar-refractivity contribution in [1.29, 1.82) is 0 Å². The topological polar surface area (TPSA) is 122 Å². The smallest absolute Gasteiger partial charge is 0.427 e. The molecule has 0 aliphatic heterocycles. The van der Waals surface area contributed by atoms with Crippen LogP contribution in [0.2, 0.25) is 0 Å². The number of hydrogen-bond acceptors (Lipinski definition) is 8. The van der Waals surface area contributed by atoms with E-state index in [0.29, 0.717) is 0 Å². The van der Waals surface area contributed by atoms with E-state index in [1.54, 1.807) is 13.8 Å². The van der Waals surface area contributed by atoms with Gasteiger partial charge < -0.3 is 19.0 Å². The van der Waals surface area contributed by atoms with Crippen LogP contribution in [0.5, 0.6) is 5.75 Å². The highest BCUT2D eigenvalue weighted by Crippen LogP contribution is 2.19. The molecule has 0 bridgehead atoms. The maximum absolute atomic E-state index is 11.9. The Kier molecular flexibility index (Phi) is 7.51. The van der Waals surface area contributed by atoms with Gasteiger partial charge in [0, 0.05) is 18.6 Å². The number of ketones is 1. The number of ether oxygens (including phenoxy) is 3. The van der Waals surface area contributed by atoms with Crippen LogP contribution in [0.1, 0.15) is 27.2 Å². The normalized spacial score (nSPS) is 11.5. The van der Waals surface area contributed by atoms with Gasteiger partial charge in [-0.2, -0.15) is 0 Å².